The van der Waals surface area contributed by atoms with Gasteiger partial charge in [0, 0.05) is 24.6 Å². The maximum Gasteiger partial charge on any atom is 0.425 e. The number of aromatic nitrogens is 5. The number of benzene rings is 1. The molecule has 2 atom stereocenters. The number of Topliss-reactive ketones (excluding diaryl/α,β-unsaturated/α-hetero) is 1. The van der Waals surface area contributed by atoms with Crippen LogP contribution in [-0.2, 0) is 20.8 Å². The lowest BCUT2D eigenvalue weighted by Crippen LogP contribution is -2.61. The number of imide groups is 1. The number of hydrogen-bond donors (Lipinski definition) is 1. The number of amides is 2. The third-order valence-corrected chi connectivity index (χ3v) is 9.04. The van der Waals surface area contributed by atoms with Crippen LogP contribution in [0, 0.1) is 23.5 Å². The molecule has 0 aliphatic carbocycles. The summed E-state index contributed by atoms with van der Waals surface area (Å²) in [5.74, 6) is -2.26. The number of ketones is 1. The Kier molecular flexibility index (Phi) is 10.9. The summed E-state index contributed by atoms with van der Waals surface area (Å²) in [6, 6.07) is 5.32. The molecule has 0 radical (unpaired) electrons. The first-order valence-corrected chi connectivity index (χ1v) is 17.6. The number of carbonyl (C=O) groups is 3. The molecule has 2 unspecified atom stereocenters. The van der Waals surface area contributed by atoms with Crippen molar-refractivity contribution in [3.8, 4) is 11.3 Å². The molecule has 3 aromatic heterocycles. The monoisotopic (exact) mass is 734 g/mol. The van der Waals surface area contributed by atoms with Gasteiger partial charge in [-0.2, -0.15) is 4.90 Å². The van der Waals surface area contributed by atoms with Crippen molar-refractivity contribution >= 4 is 40.6 Å². The zero-order chi connectivity index (χ0) is 39.0. The van der Waals surface area contributed by atoms with E-state index in [0.717, 1.165) is 12.1 Å². The van der Waals surface area contributed by atoms with E-state index in [1.165, 1.54) is 18.7 Å². The van der Waals surface area contributed by atoms with E-state index >= 15 is 0 Å². The zero-order valence-electron chi connectivity index (χ0n) is 31.7. The first-order valence-electron chi connectivity index (χ1n) is 17.6. The van der Waals surface area contributed by atoms with Gasteiger partial charge in [-0.1, -0.05) is 20.8 Å². The number of anilines is 2. The number of rotatable bonds is 8. The Labute approximate surface area is 307 Å². The molecular weight excluding hydrogens is 686 g/mol. The van der Waals surface area contributed by atoms with Gasteiger partial charge in [0.1, 0.15) is 17.5 Å². The van der Waals surface area contributed by atoms with Crippen LogP contribution in [0.2, 0.25) is 0 Å². The van der Waals surface area contributed by atoms with Gasteiger partial charge in [-0.15, -0.1) is 0 Å². The molecule has 5 rings (SSSR count). The SMILES string of the molecule is CC(C)C(C)C(=O)C1(N)CCCN(c2cnc(-c3ccc(F)c(F)c3)cc2Cn2cnc3c(N(C(=O)OC(C)(C)C)C(=O)OC(C)(C)C)ncnc32)C1. The average molecular weight is 735 g/mol. The number of halogens is 2. The number of hydrogen-bond acceptors (Lipinski definition) is 11. The Morgan fingerprint density at radius 3 is 2.21 bits per heavy atom. The number of imidazole rings is 1. The molecule has 284 valence electrons. The third-order valence-electron chi connectivity index (χ3n) is 9.04. The van der Waals surface area contributed by atoms with E-state index < -0.39 is 40.6 Å². The summed E-state index contributed by atoms with van der Waals surface area (Å²) in [7, 11) is 0. The summed E-state index contributed by atoms with van der Waals surface area (Å²) < 4.78 is 41.0. The molecule has 13 nitrogen and oxygen atoms in total. The topological polar surface area (TPSA) is 159 Å². The maximum atomic E-state index is 14.3. The fraction of sp³-hybridized carbons (Fsp3) is 0.500. The van der Waals surface area contributed by atoms with E-state index in [0.29, 0.717) is 46.8 Å². The number of pyridine rings is 1. The summed E-state index contributed by atoms with van der Waals surface area (Å²) in [5.41, 5.74) is 6.36. The predicted octanol–water partition coefficient (Wildman–Crippen LogP) is 7.05. The molecule has 0 saturated carbocycles. The maximum absolute atomic E-state index is 14.3. The lowest BCUT2D eigenvalue weighted by atomic mass is 9.77. The Balaban J connectivity index is 1.60. The van der Waals surface area contributed by atoms with Crippen molar-refractivity contribution in [1.29, 1.82) is 0 Å². The highest BCUT2D eigenvalue weighted by Crippen LogP contribution is 2.34. The number of nitrogens with two attached hydrogens (primary N) is 1. The fourth-order valence-electron chi connectivity index (χ4n) is 6.16. The third kappa shape index (κ3) is 8.78. The van der Waals surface area contributed by atoms with E-state index in [4.69, 9.17) is 15.2 Å². The van der Waals surface area contributed by atoms with Gasteiger partial charge in [-0.3, -0.25) is 9.78 Å². The largest absolute Gasteiger partial charge is 0.443 e. The van der Waals surface area contributed by atoms with E-state index in [-0.39, 0.29) is 47.7 Å². The van der Waals surface area contributed by atoms with Gasteiger partial charge in [-0.25, -0.2) is 33.3 Å². The van der Waals surface area contributed by atoms with Crippen LogP contribution in [0.5, 0.6) is 0 Å². The van der Waals surface area contributed by atoms with Gasteiger partial charge in [0.2, 0.25) is 0 Å². The van der Waals surface area contributed by atoms with E-state index in [2.05, 4.69) is 19.9 Å². The minimum atomic E-state index is -1.09. The van der Waals surface area contributed by atoms with E-state index in [1.807, 2.05) is 25.7 Å². The lowest BCUT2D eigenvalue weighted by Gasteiger charge is -2.42. The zero-order valence-corrected chi connectivity index (χ0v) is 31.7. The number of ether oxygens (including phenoxy) is 2. The van der Waals surface area contributed by atoms with Crippen molar-refractivity contribution in [1.82, 2.24) is 24.5 Å². The lowest BCUT2D eigenvalue weighted by molar-refractivity contribution is -0.129. The quantitative estimate of drug-likeness (QED) is 0.198. The van der Waals surface area contributed by atoms with E-state index in [9.17, 15) is 23.2 Å². The summed E-state index contributed by atoms with van der Waals surface area (Å²) in [6.07, 6.45) is 3.51. The first kappa shape index (κ1) is 39.2. The number of carbonyl (C=O) groups excluding carboxylic acids is 3. The Bertz CT molecular complexity index is 1990. The summed E-state index contributed by atoms with van der Waals surface area (Å²) in [6.45, 7) is 16.9. The van der Waals surface area contributed by atoms with Crippen LogP contribution in [-0.4, -0.2) is 72.3 Å². The summed E-state index contributed by atoms with van der Waals surface area (Å²) >= 11 is 0. The van der Waals surface area contributed by atoms with Crippen molar-refractivity contribution in [2.45, 2.75) is 98.4 Å². The molecule has 1 aliphatic rings. The molecule has 1 aliphatic heterocycles. The molecule has 4 aromatic rings. The number of piperidine rings is 1. The second kappa shape index (κ2) is 14.8. The highest BCUT2D eigenvalue weighted by atomic mass is 19.2. The summed E-state index contributed by atoms with van der Waals surface area (Å²) in [4.78, 5) is 61.1. The molecule has 2 amide bonds. The molecule has 1 saturated heterocycles. The molecule has 1 aromatic carbocycles. The Morgan fingerprint density at radius 1 is 0.943 bits per heavy atom. The highest BCUT2D eigenvalue weighted by molar-refractivity contribution is 6.12. The van der Waals surface area contributed by atoms with E-state index in [1.54, 1.807) is 58.4 Å². The van der Waals surface area contributed by atoms with Crippen molar-refractivity contribution < 1.29 is 32.6 Å². The first-order chi connectivity index (χ1) is 24.7. The molecule has 53 heavy (non-hydrogen) atoms. The van der Waals surface area contributed by atoms with Gasteiger partial charge < -0.3 is 24.7 Å². The van der Waals surface area contributed by atoms with Gasteiger partial charge >= 0.3 is 12.2 Å². The van der Waals surface area contributed by atoms with Crippen LogP contribution < -0.4 is 15.5 Å². The van der Waals surface area contributed by atoms with Crippen molar-refractivity contribution in [3.05, 3.63) is 60.3 Å². The van der Waals surface area contributed by atoms with Crippen molar-refractivity contribution in [2.75, 3.05) is 22.9 Å². The van der Waals surface area contributed by atoms with Crippen LogP contribution in [0.1, 0.15) is 80.7 Å². The normalized spacial score (nSPS) is 17.2. The van der Waals surface area contributed by atoms with Crippen LogP contribution in [0.3, 0.4) is 0 Å². The molecule has 0 spiro atoms. The predicted molar refractivity (Wildman–Crippen MR) is 196 cm³/mol. The molecule has 15 heteroatoms. The molecular formula is C38H48F2N8O5. The van der Waals surface area contributed by atoms with Gasteiger partial charge in [0.05, 0.1) is 36.0 Å². The van der Waals surface area contributed by atoms with Crippen LogP contribution >= 0.6 is 0 Å². The van der Waals surface area contributed by atoms with Crippen molar-refractivity contribution in [3.63, 3.8) is 0 Å². The minimum Gasteiger partial charge on any atom is -0.443 e. The van der Waals surface area contributed by atoms with Crippen LogP contribution in [0.4, 0.5) is 29.9 Å². The second-order valence-corrected chi connectivity index (χ2v) is 15.9. The molecule has 2 N–H and O–H groups in total. The molecule has 0 bridgehead atoms. The van der Waals surface area contributed by atoms with Gasteiger partial charge in [0.15, 0.2) is 34.4 Å². The number of nitrogens with zero attached hydrogens (tertiary/aromatic N) is 7. The van der Waals surface area contributed by atoms with Gasteiger partial charge in [-0.05, 0) is 90.1 Å². The average Bonchev–Trinajstić information content (AvgIpc) is 3.47. The van der Waals surface area contributed by atoms with Gasteiger partial charge in [0.25, 0.3) is 0 Å². The van der Waals surface area contributed by atoms with Crippen LogP contribution in [0.25, 0.3) is 22.4 Å². The fourth-order valence-corrected chi connectivity index (χ4v) is 6.16. The standard InChI is InChI=1S/C38H48F2N8O5/c1-22(2)23(3)31(49)38(41)13-10-14-46(19-38)29-17-42-28(24-11-12-26(39)27(40)15-24)16-25(29)18-47-21-45-30-32(47)43-20-44-33(30)48(34(50)52-36(4,5)6)35(51)53-37(7,8)9/h11-12,15-17,20-23H,10,13-14,18-19,41H2,1-9H3. The number of fused-ring (bicyclic) bond motifs is 1. The Hall–Kier alpha value is -5.05. The smallest absolute Gasteiger partial charge is 0.425 e. The summed E-state index contributed by atoms with van der Waals surface area (Å²) in [5, 5.41) is 0. The second-order valence-electron chi connectivity index (χ2n) is 15.9. The highest BCUT2D eigenvalue weighted by Gasteiger charge is 2.42. The minimum absolute atomic E-state index is 0.00511. The molecule has 4 heterocycles. The van der Waals surface area contributed by atoms with Crippen LogP contribution in [0.15, 0.2) is 43.1 Å². The van der Waals surface area contributed by atoms with Crippen molar-refractivity contribution in [2.24, 2.45) is 17.6 Å². The molecule has 1 fully saturated rings. The Morgan fingerprint density at radius 2 is 1.60 bits per heavy atom.